The first-order chi connectivity index (χ1) is 10.8. The average Bonchev–Trinajstić information content (AvgIpc) is 3.18. The van der Waals surface area contributed by atoms with Crippen LogP contribution in [0.5, 0.6) is 5.75 Å². The van der Waals surface area contributed by atoms with Crippen molar-refractivity contribution < 1.29 is 4.74 Å². The molecule has 0 radical (unpaired) electrons. The van der Waals surface area contributed by atoms with Gasteiger partial charge >= 0.3 is 0 Å². The van der Waals surface area contributed by atoms with Gasteiger partial charge in [0, 0.05) is 12.6 Å². The fourth-order valence-corrected chi connectivity index (χ4v) is 4.85. The Morgan fingerprint density at radius 3 is 3.09 bits per heavy atom. The Hall–Kier alpha value is -1.22. The van der Waals surface area contributed by atoms with Gasteiger partial charge in [0.25, 0.3) is 0 Å². The monoisotopic (exact) mass is 300 g/mol. The molecule has 4 atom stereocenters. The number of ether oxygens (including phenoxy) is 1. The largest absolute Gasteiger partial charge is 0.490 e. The van der Waals surface area contributed by atoms with Gasteiger partial charge in [0.1, 0.15) is 12.4 Å². The normalized spacial score (nSPS) is 30.5. The van der Waals surface area contributed by atoms with E-state index in [2.05, 4.69) is 35.8 Å². The van der Waals surface area contributed by atoms with Crippen LogP contribution in [0, 0.1) is 17.8 Å². The lowest BCUT2D eigenvalue weighted by atomic mass is 9.84. The summed E-state index contributed by atoms with van der Waals surface area (Å²) in [4.78, 5) is 0. The molecule has 3 nitrogen and oxygen atoms in total. The molecule has 1 aromatic carbocycles. The predicted octanol–water partition coefficient (Wildman–Crippen LogP) is 3.45. The number of anilines is 1. The molecule has 1 aliphatic heterocycles. The maximum Gasteiger partial charge on any atom is 0.142 e. The third-order valence-electron chi connectivity index (χ3n) is 6.03. The molecule has 0 aromatic heterocycles. The molecule has 120 valence electrons. The highest BCUT2D eigenvalue weighted by Gasteiger charge is 2.41. The van der Waals surface area contributed by atoms with E-state index >= 15 is 0 Å². The van der Waals surface area contributed by atoms with Gasteiger partial charge in [-0.1, -0.05) is 12.5 Å². The van der Waals surface area contributed by atoms with Gasteiger partial charge in [0.2, 0.25) is 0 Å². The minimum Gasteiger partial charge on any atom is -0.490 e. The number of nitrogens with one attached hydrogen (secondary N) is 2. The van der Waals surface area contributed by atoms with Crippen LogP contribution in [0.15, 0.2) is 18.2 Å². The lowest BCUT2D eigenvalue weighted by Gasteiger charge is -2.28. The summed E-state index contributed by atoms with van der Waals surface area (Å²) in [5.41, 5.74) is 2.55. The summed E-state index contributed by atoms with van der Waals surface area (Å²) in [7, 11) is 0. The molecule has 4 unspecified atom stereocenters. The minimum atomic E-state index is 0.675. The van der Waals surface area contributed by atoms with Crippen LogP contribution in [0.4, 0.5) is 5.69 Å². The van der Waals surface area contributed by atoms with Crippen molar-refractivity contribution in [1.82, 2.24) is 5.32 Å². The van der Waals surface area contributed by atoms with Crippen molar-refractivity contribution in [2.24, 2.45) is 17.8 Å². The highest BCUT2D eigenvalue weighted by molar-refractivity contribution is 5.59. The lowest BCUT2D eigenvalue weighted by molar-refractivity contribution is 0.261. The Bertz CT molecular complexity index is 530. The van der Waals surface area contributed by atoms with Crippen LogP contribution in [0.25, 0.3) is 0 Å². The fourth-order valence-electron chi connectivity index (χ4n) is 4.85. The molecular weight excluding hydrogens is 272 g/mol. The van der Waals surface area contributed by atoms with E-state index in [1.165, 1.54) is 31.2 Å². The molecule has 2 saturated carbocycles. The summed E-state index contributed by atoms with van der Waals surface area (Å²) in [5.74, 6) is 3.99. The van der Waals surface area contributed by atoms with Crippen LogP contribution in [-0.2, 0) is 6.42 Å². The molecule has 0 spiro atoms. The van der Waals surface area contributed by atoms with Gasteiger partial charge in [0.15, 0.2) is 0 Å². The van der Waals surface area contributed by atoms with Gasteiger partial charge in [-0.05, 0) is 74.6 Å². The molecule has 2 bridgehead atoms. The van der Waals surface area contributed by atoms with Gasteiger partial charge < -0.3 is 15.4 Å². The Balaban J connectivity index is 1.28. The van der Waals surface area contributed by atoms with E-state index in [-0.39, 0.29) is 0 Å². The quantitative estimate of drug-likeness (QED) is 0.874. The number of fused-ring (bicyclic) bond motifs is 3. The van der Waals surface area contributed by atoms with E-state index in [0.29, 0.717) is 6.04 Å². The van der Waals surface area contributed by atoms with E-state index in [9.17, 15) is 0 Å². The van der Waals surface area contributed by atoms with Gasteiger partial charge in [-0.2, -0.15) is 0 Å². The topological polar surface area (TPSA) is 33.3 Å². The van der Waals surface area contributed by atoms with Crippen molar-refractivity contribution in [3.63, 3.8) is 0 Å². The smallest absolute Gasteiger partial charge is 0.142 e. The summed E-state index contributed by atoms with van der Waals surface area (Å²) in [5, 5.41) is 7.21. The predicted molar refractivity (Wildman–Crippen MR) is 90.5 cm³/mol. The van der Waals surface area contributed by atoms with Crippen molar-refractivity contribution in [2.45, 2.75) is 45.1 Å². The van der Waals surface area contributed by atoms with Crippen LogP contribution < -0.4 is 15.4 Å². The molecule has 3 heteroatoms. The fraction of sp³-hybridized carbons (Fsp3) is 0.684. The van der Waals surface area contributed by atoms with Crippen molar-refractivity contribution in [1.29, 1.82) is 0 Å². The first-order valence-electron chi connectivity index (χ1n) is 9.02. The van der Waals surface area contributed by atoms with Crippen molar-refractivity contribution in [2.75, 3.05) is 25.0 Å². The molecule has 4 rings (SSSR count). The summed E-state index contributed by atoms with van der Waals surface area (Å²) in [6, 6.07) is 7.24. The number of hydrogen-bond donors (Lipinski definition) is 2. The second kappa shape index (κ2) is 6.11. The Morgan fingerprint density at radius 1 is 1.32 bits per heavy atom. The Labute approximate surface area is 133 Å². The van der Waals surface area contributed by atoms with Gasteiger partial charge in [-0.25, -0.2) is 0 Å². The molecule has 2 N–H and O–H groups in total. The van der Waals surface area contributed by atoms with Gasteiger partial charge in [0.05, 0.1) is 5.69 Å². The number of hydrogen-bond acceptors (Lipinski definition) is 3. The lowest BCUT2D eigenvalue weighted by Crippen LogP contribution is -2.37. The number of rotatable bonds is 5. The first-order valence-corrected chi connectivity index (χ1v) is 9.02. The zero-order valence-electron chi connectivity index (χ0n) is 13.6. The molecule has 2 aliphatic carbocycles. The van der Waals surface area contributed by atoms with Crippen LogP contribution in [-0.4, -0.2) is 25.7 Å². The van der Waals surface area contributed by atoms with E-state index in [0.717, 1.165) is 55.3 Å². The zero-order valence-corrected chi connectivity index (χ0v) is 13.6. The van der Waals surface area contributed by atoms with E-state index in [1.807, 2.05) is 0 Å². The molecule has 0 saturated heterocycles. The summed E-state index contributed by atoms with van der Waals surface area (Å²) in [6.07, 6.45) is 7.06. The van der Waals surface area contributed by atoms with Crippen molar-refractivity contribution in [3.8, 4) is 5.75 Å². The second-order valence-corrected chi connectivity index (χ2v) is 7.44. The third-order valence-corrected chi connectivity index (χ3v) is 6.03. The summed E-state index contributed by atoms with van der Waals surface area (Å²) in [6.45, 7) is 5.16. The van der Waals surface area contributed by atoms with Crippen molar-refractivity contribution >= 4 is 5.69 Å². The molecule has 2 fully saturated rings. The number of benzene rings is 1. The SMILES string of the molecule is CC(NCCc1ccc2c(c1)NCCO2)C1CC2CCC1C2. The van der Waals surface area contributed by atoms with E-state index < -0.39 is 0 Å². The molecule has 0 amide bonds. The first kappa shape index (κ1) is 14.4. The van der Waals surface area contributed by atoms with Gasteiger partial charge in [-0.3, -0.25) is 0 Å². The van der Waals surface area contributed by atoms with Crippen LogP contribution in [0.2, 0.25) is 0 Å². The average molecular weight is 300 g/mol. The van der Waals surface area contributed by atoms with Gasteiger partial charge in [-0.15, -0.1) is 0 Å². The summed E-state index contributed by atoms with van der Waals surface area (Å²) >= 11 is 0. The highest BCUT2D eigenvalue weighted by Crippen LogP contribution is 2.49. The molecule has 3 aliphatic rings. The molecule has 22 heavy (non-hydrogen) atoms. The summed E-state index contributed by atoms with van der Waals surface area (Å²) < 4.78 is 5.64. The Morgan fingerprint density at radius 2 is 2.27 bits per heavy atom. The van der Waals surface area contributed by atoms with E-state index in [1.54, 1.807) is 0 Å². The standard InChI is InChI=1S/C19H28N2O/c1-13(17-11-15-2-4-16(17)10-15)20-7-6-14-3-5-19-18(12-14)21-8-9-22-19/h3,5,12-13,15-17,20-21H,2,4,6-11H2,1H3. The molecule has 1 aromatic rings. The Kier molecular flexibility index (Phi) is 4.00. The molecular formula is C19H28N2O. The highest BCUT2D eigenvalue weighted by atomic mass is 16.5. The second-order valence-electron chi connectivity index (χ2n) is 7.44. The maximum absolute atomic E-state index is 5.64. The van der Waals surface area contributed by atoms with Crippen molar-refractivity contribution in [3.05, 3.63) is 23.8 Å². The van der Waals surface area contributed by atoms with Crippen LogP contribution in [0.1, 0.15) is 38.2 Å². The minimum absolute atomic E-state index is 0.675. The zero-order chi connectivity index (χ0) is 14.9. The van der Waals surface area contributed by atoms with Crippen LogP contribution in [0.3, 0.4) is 0 Å². The molecule has 1 heterocycles. The maximum atomic E-state index is 5.64. The van der Waals surface area contributed by atoms with E-state index in [4.69, 9.17) is 4.74 Å². The third kappa shape index (κ3) is 2.83. The van der Waals surface area contributed by atoms with Crippen LogP contribution >= 0.6 is 0 Å².